The first-order valence-electron chi connectivity index (χ1n) is 9.84. The topological polar surface area (TPSA) is 96.5 Å². The Morgan fingerprint density at radius 1 is 0.867 bits per heavy atom. The van der Waals surface area contributed by atoms with Crippen molar-refractivity contribution in [1.29, 1.82) is 0 Å². The van der Waals surface area contributed by atoms with Crippen molar-refractivity contribution in [3.05, 3.63) is 59.7 Å². The van der Waals surface area contributed by atoms with E-state index < -0.39 is 11.7 Å². The number of rotatable bonds is 7. The van der Waals surface area contributed by atoms with Gasteiger partial charge in [-0.1, -0.05) is 36.4 Å². The normalized spacial score (nSPS) is 10.8. The number of ether oxygens (including phenoxy) is 1. The molecular weight excluding hydrogens is 382 g/mol. The van der Waals surface area contributed by atoms with E-state index in [9.17, 15) is 14.4 Å². The fourth-order valence-corrected chi connectivity index (χ4v) is 2.68. The van der Waals surface area contributed by atoms with E-state index in [1.165, 1.54) is 0 Å². The fraction of sp³-hybridized carbons (Fsp3) is 0.348. The quantitative estimate of drug-likeness (QED) is 0.641. The average Bonchev–Trinajstić information content (AvgIpc) is 2.64. The molecule has 3 N–H and O–H groups in total. The van der Waals surface area contributed by atoms with Gasteiger partial charge in [-0.05, 0) is 51.0 Å². The van der Waals surface area contributed by atoms with Gasteiger partial charge in [-0.3, -0.25) is 9.59 Å². The van der Waals surface area contributed by atoms with E-state index in [1.807, 2.05) is 31.2 Å². The molecule has 0 saturated carbocycles. The zero-order valence-corrected chi connectivity index (χ0v) is 17.9. The van der Waals surface area contributed by atoms with Crippen molar-refractivity contribution in [2.24, 2.45) is 0 Å². The third kappa shape index (κ3) is 7.95. The highest BCUT2D eigenvalue weighted by Gasteiger charge is 2.16. The molecule has 0 bridgehead atoms. The first-order chi connectivity index (χ1) is 14.1. The lowest BCUT2D eigenvalue weighted by Gasteiger charge is -2.19. The zero-order valence-electron chi connectivity index (χ0n) is 17.9. The first-order valence-corrected chi connectivity index (χ1v) is 9.84. The maximum absolute atomic E-state index is 12.4. The van der Waals surface area contributed by atoms with Crippen LogP contribution < -0.4 is 16.0 Å². The number of carbonyl (C=O) groups excluding carboxylic acids is 3. The molecule has 2 aromatic carbocycles. The molecule has 0 fully saturated rings. The van der Waals surface area contributed by atoms with Crippen molar-refractivity contribution in [2.75, 3.05) is 17.2 Å². The largest absolute Gasteiger partial charge is 0.444 e. The predicted molar refractivity (Wildman–Crippen MR) is 117 cm³/mol. The Morgan fingerprint density at radius 3 is 2.03 bits per heavy atom. The summed E-state index contributed by atoms with van der Waals surface area (Å²) in [6.45, 7) is 7.40. The SMILES string of the molecule is Cc1ccccc1CC(=O)Nc1ccccc1NC(=O)CCNC(=O)OC(C)(C)C. The highest BCUT2D eigenvalue weighted by molar-refractivity contribution is 6.00. The highest BCUT2D eigenvalue weighted by atomic mass is 16.6. The molecule has 0 aliphatic rings. The Morgan fingerprint density at radius 2 is 1.43 bits per heavy atom. The number of hydrogen-bond acceptors (Lipinski definition) is 4. The van der Waals surface area contributed by atoms with Crippen LogP contribution in [-0.2, 0) is 20.7 Å². The van der Waals surface area contributed by atoms with Gasteiger partial charge in [0.05, 0.1) is 17.8 Å². The summed E-state index contributed by atoms with van der Waals surface area (Å²) in [4.78, 5) is 36.3. The van der Waals surface area contributed by atoms with Crippen molar-refractivity contribution in [3.63, 3.8) is 0 Å². The second kappa shape index (κ2) is 10.4. The Labute approximate surface area is 177 Å². The number of hydrogen-bond donors (Lipinski definition) is 3. The Bertz CT molecular complexity index is 903. The molecule has 0 unspecified atom stereocenters. The second-order valence-electron chi connectivity index (χ2n) is 7.92. The lowest BCUT2D eigenvalue weighted by atomic mass is 10.1. The minimum atomic E-state index is -0.595. The number of amides is 3. The summed E-state index contributed by atoms with van der Waals surface area (Å²) in [7, 11) is 0. The molecule has 0 radical (unpaired) electrons. The summed E-state index contributed by atoms with van der Waals surface area (Å²) >= 11 is 0. The van der Waals surface area contributed by atoms with Crippen molar-refractivity contribution in [1.82, 2.24) is 5.32 Å². The molecule has 0 aromatic heterocycles. The number of carbonyl (C=O) groups is 3. The van der Waals surface area contributed by atoms with Gasteiger partial charge in [0.2, 0.25) is 11.8 Å². The first kappa shape index (κ1) is 22.9. The van der Waals surface area contributed by atoms with Crippen LogP contribution in [0.25, 0.3) is 0 Å². The van der Waals surface area contributed by atoms with Gasteiger partial charge in [0.15, 0.2) is 0 Å². The fourth-order valence-electron chi connectivity index (χ4n) is 2.68. The van der Waals surface area contributed by atoms with Crippen LogP contribution in [0.2, 0.25) is 0 Å². The van der Waals surface area contributed by atoms with Crippen LogP contribution in [0.3, 0.4) is 0 Å². The molecule has 0 atom stereocenters. The van der Waals surface area contributed by atoms with Gasteiger partial charge >= 0.3 is 6.09 Å². The second-order valence-corrected chi connectivity index (χ2v) is 7.92. The van der Waals surface area contributed by atoms with E-state index in [-0.39, 0.29) is 31.2 Å². The standard InChI is InChI=1S/C23H29N3O4/c1-16-9-5-6-10-17(16)15-21(28)26-19-12-8-7-11-18(19)25-20(27)13-14-24-22(29)30-23(2,3)4/h5-12H,13-15H2,1-4H3,(H,24,29)(H,25,27)(H,26,28). The molecule has 0 heterocycles. The minimum Gasteiger partial charge on any atom is -0.444 e. The Hall–Kier alpha value is -3.35. The third-order valence-corrected chi connectivity index (χ3v) is 4.11. The lowest BCUT2D eigenvalue weighted by molar-refractivity contribution is -0.116. The summed E-state index contributed by atoms with van der Waals surface area (Å²) in [6, 6.07) is 14.7. The molecule has 2 rings (SSSR count). The number of nitrogens with one attached hydrogen (secondary N) is 3. The smallest absolute Gasteiger partial charge is 0.407 e. The molecule has 0 aliphatic carbocycles. The maximum atomic E-state index is 12.4. The van der Waals surface area contributed by atoms with E-state index in [0.29, 0.717) is 11.4 Å². The number of para-hydroxylation sites is 2. The van der Waals surface area contributed by atoms with E-state index in [4.69, 9.17) is 4.74 Å². The van der Waals surface area contributed by atoms with Gasteiger partial charge in [0.25, 0.3) is 0 Å². The van der Waals surface area contributed by atoms with Crippen LogP contribution >= 0.6 is 0 Å². The van der Waals surface area contributed by atoms with Gasteiger partial charge in [0, 0.05) is 13.0 Å². The zero-order chi connectivity index (χ0) is 22.1. The molecule has 3 amide bonds. The average molecular weight is 412 g/mol. The molecule has 160 valence electrons. The van der Waals surface area contributed by atoms with Gasteiger partial charge < -0.3 is 20.7 Å². The van der Waals surface area contributed by atoms with E-state index in [1.54, 1.807) is 45.0 Å². The predicted octanol–water partition coefficient (Wildman–Crippen LogP) is 4.03. The number of alkyl carbamates (subject to hydrolysis) is 1. The van der Waals surface area contributed by atoms with Gasteiger partial charge in [-0.15, -0.1) is 0 Å². The summed E-state index contributed by atoms with van der Waals surface area (Å²) < 4.78 is 5.13. The number of anilines is 2. The van der Waals surface area contributed by atoms with Crippen molar-refractivity contribution < 1.29 is 19.1 Å². The van der Waals surface area contributed by atoms with Crippen LogP contribution in [0.5, 0.6) is 0 Å². The lowest BCUT2D eigenvalue weighted by Crippen LogP contribution is -2.34. The molecule has 2 aromatic rings. The molecule has 0 aliphatic heterocycles. The van der Waals surface area contributed by atoms with Gasteiger partial charge in [-0.25, -0.2) is 4.79 Å². The monoisotopic (exact) mass is 411 g/mol. The van der Waals surface area contributed by atoms with Crippen LogP contribution in [0.1, 0.15) is 38.3 Å². The summed E-state index contributed by atoms with van der Waals surface area (Å²) in [6.07, 6.45) is -0.251. The highest BCUT2D eigenvalue weighted by Crippen LogP contribution is 2.21. The Balaban J connectivity index is 1.88. The van der Waals surface area contributed by atoms with E-state index >= 15 is 0 Å². The molecule has 7 nitrogen and oxygen atoms in total. The van der Waals surface area contributed by atoms with E-state index in [0.717, 1.165) is 11.1 Å². The summed E-state index contributed by atoms with van der Waals surface area (Å²) in [5.41, 5.74) is 2.42. The van der Waals surface area contributed by atoms with Crippen molar-refractivity contribution >= 4 is 29.3 Å². The van der Waals surface area contributed by atoms with Crippen LogP contribution in [0.4, 0.5) is 16.2 Å². The van der Waals surface area contributed by atoms with Crippen molar-refractivity contribution in [3.8, 4) is 0 Å². The number of benzene rings is 2. The van der Waals surface area contributed by atoms with Crippen LogP contribution in [0, 0.1) is 6.92 Å². The van der Waals surface area contributed by atoms with Crippen LogP contribution in [-0.4, -0.2) is 30.1 Å². The Kier molecular flexibility index (Phi) is 7.98. The van der Waals surface area contributed by atoms with Crippen LogP contribution in [0.15, 0.2) is 48.5 Å². The molecule has 0 saturated heterocycles. The van der Waals surface area contributed by atoms with Gasteiger partial charge in [0.1, 0.15) is 5.60 Å². The summed E-state index contributed by atoms with van der Waals surface area (Å²) in [5.74, 6) is -0.454. The van der Waals surface area contributed by atoms with E-state index in [2.05, 4.69) is 16.0 Å². The minimum absolute atomic E-state index is 0.0741. The van der Waals surface area contributed by atoms with Gasteiger partial charge in [-0.2, -0.15) is 0 Å². The maximum Gasteiger partial charge on any atom is 0.407 e. The molecule has 7 heteroatoms. The summed E-state index contributed by atoms with van der Waals surface area (Å²) in [5, 5.41) is 8.16. The molecular formula is C23H29N3O4. The third-order valence-electron chi connectivity index (χ3n) is 4.11. The molecule has 30 heavy (non-hydrogen) atoms. The van der Waals surface area contributed by atoms with Crippen molar-refractivity contribution in [2.45, 2.75) is 46.1 Å². The number of aryl methyl sites for hydroxylation is 1. The molecule has 0 spiro atoms.